The average molecular weight is 369 g/mol. The molecule has 0 spiro atoms. The molecule has 4 rings (SSSR count). The normalized spacial score (nSPS) is 15.4. The first kappa shape index (κ1) is 17.1. The number of pyridine rings is 1. The Bertz CT molecular complexity index is 907. The van der Waals surface area contributed by atoms with Gasteiger partial charge >= 0.3 is 0 Å². The van der Waals surface area contributed by atoms with Gasteiger partial charge in [-0.15, -0.1) is 0 Å². The van der Waals surface area contributed by atoms with Crippen molar-refractivity contribution in [2.75, 3.05) is 18.0 Å². The highest BCUT2D eigenvalue weighted by Gasteiger charge is 2.24. The van der Waals surface area contributed by atoms with Crippen molar-refractivity contribution in [1.29, 1.82) is 0 Å². The van der Waals surface area contributed by atoms with Crippen molar-refractivity contribution in [3.8, 4) is 5.75 Å². The fourth-order valence-electron chi connectivity index (χ4n) is 3.45. The first-order chi connectivity index (χ1) is 12.7. The van der Waals surface area contributed by atoms with Crippen LogP contribution in [0.1, 0.15) is 18.4 Å². The third-order valence-corrected chi connectivity index (χ3v) is 5.13. The molecule has 1 aromatic heterocycles. The number of piperidine rings is 1. The Kier molecular flexibility index (Phi) is 4.96. The van der Waals surface area contributed by atoms with Gasteiger partial charge in [0.15, 0.2) is 0 Å². The zero-order valence-corrected chi connectivity index (χ0v) is 15.2. The topological polar surface area (TPSA) is 45.6 Å². The summed E-state index contributed by atoms with van der Waals surface area (Å²) in [4.78, 5) is 7.04. The first-order valence-electron chi connectivity index (χ1n) is 8.90. The largest absolute Gasteiger partial charge is 0.489 e. The van der Waals surface area contributed by atoms with Crippen molar-refractivity contribution in [3.63, 3.8) is 0 Å². The summed E-state index contributed by atoms with van der Waals surface area (Å²) < 4.78 is 6.07. The lowest BCUT2D eigenvalue weighted by Crippen LogP contribution is -2.39. The summed E-state index contributed by atoms with van der Waals surface area (Å²) in [6.45, 7) is 1.67. The summed E-state index contributed by atoms with van der Waals surface area (Å²) in [7, 11) is 0. The fourth-order valence-corrected chi connectivity index (χ4v) is 3.63. The van der Waals surface area contributed by atoms with Crippen molar-refractivity contribution in [2.45, 2.75) is 25.6 Å². The van der Waals surface area contributed by atoms with E-state index in [1.165, 1.54) is 0 Å². The number of aliphatic hydroxyl groups is 1. The lowest BCUT2D eigenvalue weighted by molar-refractivity contribution is 0.170. The molecule has 1 fully saturated rings. The number of rotatable bonds is 4. The molecule has 0 unspecified atom stereocenters. The zero-order chi connectivity index (χ0) is 17.9. The number of benzene rings is 2. The molecule has 0 radical (unpaired) electrons. The molecule has 5 heteroatoms. The van der Waals surface area contributed by atoms with E-state index in [9.17, 15) is 5.11 Å². The van der Waals surface area contributed by atoms with Gasteiger partial charge in [-0.05, 0) is 24.3 Å². The van der Waals surface area contributed by atoms with Crippen LogP contribution >= 0.6 is 11.6 Å². The van der Waals surface area contributed by atoms with E-state index >= 15 is 0 Å². The molecule has 2 heterocycles. The molecule has 1 aliphatic heterocycles. The predicted octanol–water partition coefficient (Wildman–Crippen LogP) is 4.43. The number of nitrogens with zero attached hydrogens (tertiary/aromatic N) is 2. The molecule has 0 amide bonds. The Balaban J connectivity index is 1.49. The minimum atomic E-state index is -0.0107. The van der Waals surface area contributed by atoms with Crippen LogP contribution in [-0.4, -0.2) is 29.3 Å². The Morgan fingerprint density at radius 3 is 2.58 bits per heavy atom. The van der Waals surface area contributed by atoms with E-state index < -0.39 is 0 Å². The highest BCUT2D eigenvalue weighted by molar-refractivity contribution is 6.32. The van der Waals surface area contributed by atoms with E-state index in [2.05, 4.69) is 4.90 Å². The Morgan fingerprint density at radius 2 is 1.81 bits per heavy atom. The number of aliphatic hydroxyl groups excluding tert-OH is 1. The Labute approximate surface area is 158 Å². The minimum absolute atomic E-state index is 0.0107. The van der Waals surface area contributed by atoms with Gasteiger partial charge in [-0.2, -0.15) is 0 Å². The van der Waals surface area contributed by atoms with Crippen LogP contribution in [0.15, 0.2) is 54.6 Å². The molecule has 1 N–H and O–H groups in total. The number of ether oxygens (including phenoxy) is 1. The maximum absolute atomic E-state index is 9.78. The van der Waals surface area contributed by atoms with Crippen molar-refractivity contribution < 1.29 is 9.84 Å². The zero-order valence-electron chi connectivity index (χ0n) is 14.4. The molecular weight excluding hydrogens is 348 g/mol. The van der Waals surface area contributed by atoms with E-state index in [1.54, 1.807) is 0 Å². The highest BCUT2D eigenvalue weighted by Crippen LogP contribution is 2.29. The quantitative estimate of drug-likeness (QED) is 0.740. The molecule has 2 aromatic carbocycles. The second kappa shape index (κ2) is 7.52. The van der Waals surface area contributed by atoms with Crippen molar-refractivity contribution in [2.24, 2.45) is 0 Å². The number of hydrogen-bond donors (Lipinski definition) is 1. The van der Waals surface area contributed by atoms with Crippen LogP contribution < -0.4 is 9.64 Å². The molecule has 134 valence electrons. The molecule has 4 nitrogen and oxygen atoms in total. The van der Waals surface area contributed by atoms with Gasteiger partial charge in [0.25, 0.3) is 0 Å². The minimum Gasteiger partial charge on any atom is -0.489 e. The van der Waals surface area contributed by atoms with Gasteiger partial charge in [0.1, 0.15) is 17.7 Å². The van der Waals surface area contributed by atoms with Crippen LogP contribution in [-0.2, 0) is 6.61 Å². The molecule has 0 atom stereocenters. The maximum Gasteiger partial charge on any atom is 0.138 e. The van der Waals surface area contributed by atoms with Crippen LogP contribution in [0.3, 0.4) is 0 Å². The smallest absolute Gasteiger partial charge is 0.138 e. The van der Waals surface area contributed by atoms with Crippen LogP contribution in [0.2, 0.25) is 5.02 Å². The second-order valence-electron chi connectivity index (χ2n) is 6.56. The second-order valence-corrected chi connectivity index (χ2v) is 6.96. The Morgan fingerprint density at radius 1 is 1.08 bits per heavy atom. The number of fused-ring (bicyclic) bond motifs is 1. The summed E-state index contributed by atoms with van der Waals surface area (Å²) in [5.41, 5.74) is 1.82. The van der Waals surface area contributed by atoms with E-state index in [1.807, 2.05) is 54.6 Å². The number of anilines is 1. The van der Waals surface area contributed by atoms with E-state index in [0.717, 1.165) is 54.0 Å². The Hall–Kier alpha value is -2.30. The number of aromatic nitrogens is 1. The van der Waals surface area contributed by atoms with Crippen LogP contribution in [0.5, 0.6) is 5.75 Å². The maximum atomic E-state index is 9.78. The molecule has 1 saturated heterocycles. The standard InChI is InChI=1S/C21H21ClN2O2/c22-18-6-2-4-8-20(18)26-17-9-11-24(12-10-17)21-16(14-25)13-15-5-1-3-7-19(15)23-21/h1-8,13,17,25H,9-12,14H2. The van der Waals surface area contributed by atoms with Gasteiger partial charge in [0.05, 0.1) is 17.1 Å². The number of halogens is 1. The molecular formula is C21H21ClN2O2. The van der Waals surface area contributed by atoms with Gasteiger partial charge in [0.2, 0.25) is 0 Å². The summed E-state index contributed by atoms with van der Waals surface area (Å²) in [6.07, 6.45) is 1.93. The van der Waals surface area contributed by atoms with Crippen molar-refractivity contribution in [1.82, 2.24) is 4.98 Å². The van der Waals surface area contributed by atoms with Crippen LogP contribution in [0, 0.1) is 0 Å². The summed E-state index contributed by atoms with van der Waals surface area (Å²) in [6, 6.07) is 17.6. The molecule has 0 saturated carbocycles. The van der Waals surface area contributed by atoms with E-state index in [0.29, 0.717) is 5.02 Å². The van der Waals surface area contributed by atoms with Crippen molar-refractivity contribution >= 4 is 28.3 Å². The third-order valence-electron chi connectivity index (χ3n) is 4.82. The predicted molar refractivity (Wildman–Crippen MR) is 105 cm³/mol. The summed E-state index contributed by atoms with van der Waals surface area (Å²) in [5.74, 6) is 1.62. The lowest BCUT2D eigenvalue weighted by Gasteiger charge is -2.34. The highest BCUT2D eigenvalue weighted by atomic mass is 35.5. The molecule has 26 heavy (non-hydrogen) atoms. The first-order valence-corrected chi connectivity index (χ1v) is 9.28. The molecule has 0 bridgehead atoms. The monoisotopic (exact) mass is 368 g/mol. The van der Waals surface area contributed by atoms with Crippen LogP contribution in [0.4, 0.5) is 5.82 Å². The van der Waals surface area contributed by atoms with Crippen LogP contribution in [0.25, 0.3) is 10.9 Å². The number of para-hydroxylation sites is 2. The van der Waals surface area contributed by atoms with E-state index in [-0.39, 0.29) is 12.7 Å². The van der Waals surface area contributed by atoms with Crippen molar-refractivity contribution in [3.05, 3.63) is 65.2 Å². The average Bonchev–Trinajstić information content (AvgIpc) is 2.69. The van der Waals surface area contributed by atoms with E-state index in [4.69, 9.17) is 21.3 Å². The van der Waals surface area contributed by atoms with Gasteiger partial charge in [-0.3, -0.25) is 0 Å². The number of hydrogen-bond acceptors (Lipinski definition) is 4. The molecule has 0 aliphatic carbocycles. The molecule has 1 aliphatic rings. The van der Waals surface area contributed by atoms with Gasteiger partial charge in [-0.1, -0.05) is 41.9 Å². The van der Waals surface area contributed by atoms with Gasteiger partial charge < -0.3 is 14.7 Å². The fraction of sp³-hybridized carbons (Fsp3) is 0.286. The third kappa shape index (κ3) is 3.48. The van der Waals surface area contributed by atoms with Gasteiger partial charge in [0, 0.05) is 36.9 Å². The SMILES string of the molecule is OCc1cc2ccccc2nc1N1CCC(Oc2ccccc2Cl)CC1. The summed E-state index contributed by atoms with van der Waals surface area (Å²) in [5, 5.41) is 11.5. The lowest BCUT2D eigenvalue weighted by atomic mass is 10.1. The van der Waals surface area contributed by atoms with Gasteiger partial charge in [-0.25, -0.2) is 4.98 Å². The molecule has 3 aromatic rings. The summed E-state index contributed by atoms with van der Waals surface area (Å²) >= 11 is 6.19.